The van der Waals surface area contributed by atoms with E-state index < -0.39 is 0 Å². The molecule has 0 saturated carbocycles. The number of aromatic nitrogens is 1. The molecule has 0 fully saturated rings. The number of fused-ring (bicyclic) bond motifs is 6. The predicted molar refractivity (Wildman–Crippen MR) is 105 cm³/mol. The summed E-state index contributed by atoms with van der Waals surface area (Å²) < 4.78 is 2.34. The maximum atomic E-state index is 2.35. The first-order chi connectivity index (χ1) is 12.4. The Kier molecular flexibility index (Phi) is 2.40. The van der Waals surface area contributed by atoms with Gasteiger partial charge < -0.3 is 4.40 Å². The average molecular weight is 317 g/mol. The lowest BCUT2D eigenvalue weighted by Crippen LogP contribution is -1.87. The monoisotopic (exact) mass is 317 g/mol. The fraction of sp³-hybridized carbons (Fsp3) is 0. The summed E-state index contributed by atoms with van der Waals surface area (Å²) in [6.45, 7) is 0. The van der Waals surface area contributed by atoms with Crippen molar-refractivity contribution in [1.29, 1.82) is 0 Å². The number of nitrogens with zero attached hydrogens (tertiary/aromatic N) is 1. The highest BCUT2D eigenvalue weighted by Gasteiger charge is 2.26. The van der Waals surface area contributed by atoms with E-state index in [2.05, 4.69) is 95.5 Å². The lowest BCUT2D eigenvalue weighted by Gasteiger charge is -2.08. The van der Waals surface area contributed by atoms with Crippen molar-refractivity contribution in [3.63, 3.8) is 0 Å². The molecule has 1 aliphatic carbocycles. The van der Waals surface area contributed by atoms with Crippen LogP contribution in [0.5, 0.6) is 0 Å². The summed E-state index contributed by atoms with van der Waals surface area (Å²) in [6, 6.07) is 30.6. The van der Waals surface area contributed by atoms with E-state index in [1.807, 2.05) is 0 Å². The molecule has 1 nitrogen and oxygen atoms in total. The van der Waals surface area contributed by atoms with Gasteiger partial charge in [-0.2, -0.15) is 0 Å². The maximum Gasteiger partial charge on any atom is 0.0619 e. The van der Waals surface area contributed by atoms with Crippen LogP contribution in [0.1, 0.15) is 0 Å². The number of rotatable bonds is 1. The summed E-state index contributed by atoms with van der Waals surface area (Å²) in [7, 11) is 0. The fourth-order valence-corrected chi connectivity index (χ4v) is 4.28. The highest BCUT2D eigenvalue weighted by atomic mass is 14.9. The zero-order chi connectivity index (χ0) is 16.4. The molecule has 6 rings (SSSR count). The molecule has 0 N–H and O–H groups in total. The van der Waals surface area contributed by atoms with Crippen molar-refractivity contribution < 1.29 is 0 Å². The molecule has 0 unspecified atom stereocenters. The Hall–Kier alpha value is -3.32. The van der Waals surface area contributed by atoms with Crippen molar-refractivity contribution in [3.05, 3.63) is 91.1 Å². The van der Waals surface area contributed by atoms with Crippen LogP contribution in [0, 0.1) is 0 Å². The maximum absolute atomic E-state index is 2.35. The molecule has 0 amide bonds. The van der Waals surface area contributed by atoms with Gasteiger partial charge in [0.25, 0.3) is 0 Å². The minimum absolute atomic E-state index is 1.27. The van der Waals surface area contributed by atoms with Gasteiger partial charge in [-0.05, 0) is 46.5 Å². The summed E-state index contributed by atoms with van der Waals surface area (Å²) in [4.78, 5) is 0. The molecule has 1 aliphatic rings. The Morgan fingerprint density at radius 2 is 1.32 bits per heavy atom. The van der Waals surface area contributed by atoms with E-state index in [0.29, 0.717) is 0 Å². The molecule has 3 aromatic carbocycles. The van der Waals surface area contributed by atoms with Crippen LogP contribution in [0.4, 0.5) is 0 Å². The van der Waals surface area contributed by atoms with Gasteiger partial charge in [0.05, 0.1) is 11.2 Å². The van der Waals surface area contributed by atoms with Gasteiger partial charge in [0.2, 0.25) is 0 Å². The summed E-state index contributed by atoms with van der Waals surface area (Å²) in [5.41, 5.74) is 9.18. The fourth-order valence-electron chi connectivity index (χ4n) is 4.28. The van der Waals surface area contributed by atoms with E-state index in [-0.39, 0.29) is 0 Å². The van der Waals surface area contributed by atoms with E-state index >= 15 is 0 Å². The number of benzene rings is 3. The van der Waals surface area contributed by atoms with Gasteiger partial charge in [-0.25, -0.2) is 0 Å². The number of hydrogen-bond donors (Lipinski definition) is 0. The van der Waals surface area contributed by atoms with Crippen molar-refractivity contribution in [2.45, 2.75) is 0 Å². The van der Waals surface area contributed by atoms with Gasteiger partial charge >= 0.3 is 0 Å². The van der Waals surface area contributed by atoms with Crippen LogP contribution in [0.2, 0.25) is 0 Å². The van der Waals surface area contributed by atoms with Crippen molar-refractivity contribution >= 4 is 16.3 Å². The van der Waals surface area contributed by atoms with Crippen molar-refractivity contribution in [1.82, 2.24) is 4.40 Å². The Morgan fingerprint density at radius 1 is 0.560 bits per heavy atom. The minimum Gasteiger partial charge on any atom is -0.315 e. The molecule has 0 atom stereocenters. The summed E-state index contributed by atoms with van der Waals surface area (Å²) in [6.07, 6.45) is 2.18. The zero-order valence-electron chi connectivity index (χ0n) is 13.6. The second kappa shape index (κ2) is 4.61. The zero-order valence-corrected chi connectivity index (χ0v) is 13.6. The largest absolute Gasteiger partial charge is 0.315 e. The molecule has 0 bridgehead atoms. The first-order valence-corrected chi connectivity index (χ1v) is 8.64. The molecule has 5 aromatic rings. The van der Waals surface area contributed by atoms with Crippen LogP contribution in [-0.2, 0) is 0 Å². The molecule has 0 saturated heterocycles. The van der Waals surface area contributed by atoms with Crippen LogP contribution in [0.15, 0.2) is 91.1 Å². The van der Waals surface area contributed by atoms with Gasteiger partial charge in [0.15, 0.2) is 0 Å². The van der Waals surface area contributed by atoms with Crippen molar-refractivity contribution in [3.8, 4) is 33.5 Å². The molecular weight excluding hydrogens is 302 g/mol. The van der Waals surface area contributed by atoms with Gasteiger partial charge in [-0.3, -0.25) is 0 Å². The molecule has 1 heteroatoms. The van der Waals surface area contributed by atoms with E-state index in [9.17, 15) is 0 Å². The predicted octanol–water partition coefficient (Wildman–Crippen LogP) is 6.41. The standard InChI is InChI=1S/C24H15N/c1-2-8-16(9-3-1)17-14-20-18-10-4-5-11-19(18)24-23(20)21(15-17)22-12-6-7-13-25(22)24/h1-15H. The SMILES string of the molecule is c1ccc(-c2cc3c4c(n5ccccc5c4c2)-c2ccccc2-3)cc1. The number of pyridine rings is 1. The van der Waals surface area contributed by atoms with Crippen LogP contribution in [-0.4, -0.2) is 4.40 Å². The molecule has 0 spiro atoms. The Labute approximate surface area is 145 Å². The first-order valence-electron chi connectivity index (χ1n) is 8.64. The van der Waals surface area contributed by atoms with Gasteiger partial charge in [-0.15, -0.1) is 0 Å². The highest BCUT2D eigenvalue weighted by Crippen LogP contribution is 2.50. The van der Waals surface area contributed by atoms with Gasteiger partial charge in [0.1, 0.15) is 0 Å². The Balaban J connectivity index is 1.84. The second-order valence-corrected chi connectivity index (χ2v) is 6.66. The van der Waals surface area contributed by atoms with Gasteiger partial charge in [-0.1, -0.05) is 60.7 Å². The molecule has 0 aliphatic heterocycles. The van der Waals surface area contributed by atoms with E-state index in [0.717, 1.165) is 0 Å². The normalized spacial score (nSPS) is 12.0. The topological polar surface area (TPSA) is 4.41 Å². The lowest BCUT2D eigenvalue weighted by atomic mass is 9.97. The Bertz CT molecular complexity index is 1280. The number of hydrogen-bond acceptors (Lipinski definition) is 0. The first kappa shape index (κ1) is 13.0. The smallest absolute Gasteiger partial charge is 0.0619 e. The van der Waals surface area contributed by atoms with Crippen LogP contribution in [0.25, 0.3) is 49.8 Å². The third-order valence-corrected chi connectivity index (χ3v) is 5.33. The molecule has 116 valence electrons. The third-order valence-electron chi connectivity index (χ3n) is 5.33. The van der Waals surface area contributed by atoms with E-state index in [1.54, 1.807) is 0 Å². The van der Waals surface area contributed by atoms with Gasteiger partial charge in [0, 0.05) is 22.5 Å². The summed E-state index contributed by atoms with van der Waals surface area (Å²) in [5.74, 6) is 0. The third kappa shape index (κ3) is 1.62. The molecule has 25 heavy (non-hydrogen) atoms. The molecular formula is C24H15N. The van der Waals surface area contributed by atoms with Crippen LogP contribution >= 0.6 is 0 Å². The quantitative estimate of drug-likeness (QED) is 0.330. The molecule has 2 aromatic heterocycles. The second-order valence-electron chi connectivity index (χ2n) is 6.66. The van der Waals surface area contributed by atoms with E-state index in [1.165, 1.54) is 49.8 Å². The summed E-state index contributed by atoms with van der Waals surface area (Å²) in [5, 5.41) is 2.72. The van der Waals surface area contributed by atoms with Crippen LogP contribution in [0.3, 0.4) is 0 Å². The van der Waals surface area contributed by atoms with E-state index in [4.69, 9.17) is 0 Å². The Morgan fingerprint density at radius 3 is 2.20 bits per heavy atom. The van der Waals surface area contributed by atoms with Crippen LogP contribution < -0.4 is 0 Å². The minimum atomic E-state index is 1.27. The molecule has 2 heterocycles. The van der Waals surface area contributed by atoms with Crippen molar-refractivity contribution in [2.75, 3.05) is 0 Å². The average Bonchev–Trinajstić information content (AvgIpc) is 3.20. The summed E-state index contributed by atoms with van der Waals surface area (Å²) >= 11 is 0. The van der Waals surface area contributed by atoms with Crippen molar-refractivity contribution in [2.24, 2.45) is 0 Å². The molecule has 0 radical (unpaired) electrons. The highest BCUT2D eigenvalue weighted by molar-refractivity contribution is 6.21. The lowest BCUT2D eigenvalue weighted by molar-refractivity contribution is 1.21.